The van der Waals surface area contributed by atoms with Gasteiger partial charge >= 0.3 is 6.09 Å². The van der Waals surface area contributed by atoms with Crippen LogP contribution in [0.1, 0.15) is 54.4 Å². The zero-order chi connectivity index (χ0) is 27.1. The fourth-order valence-corrected chi connectivity index (χ4v) is 8.74. The molecule has 0 aromatic heterocycles. The molecule has 1 spiro atoms. The molecule has 6 atom stereocenters. The minimum absolute atomic E-state index is 0.00868. The molecule has 2 bridgehead atoms. The molecule has 39 heavy (non-hydrogen) atoms. The monoisotopic (exact) mass is 546 g/mol. The van der Waals surface area contributed by atoms with Crippen molar-refractivity contribution in [3.63, 3.8) is 0 Å². The number of carbonyl (C=O) groups excluding carboxylic acids is 2. The number of hydrogen-bond donors (Lipinski definition) is 0. The van der Waals surface area contributed by atoms with E-state index in [0.717, 1.165) is 43.5 Å². The number of aryl methyl sites for hydroxylation is 1. The average molecular weight is 547 g/mol. The van der Waals surface area contributed by atoms with Gasteiger partial charge in [-0.1, -0.05) is 48.0 Å². The Balaban J connectivity index is 1.26. The molecule has 2 aromatic rings. The lowest BCUT2D eigenvalue weighted by Gasteiger charge is -2.56. The summed E-state index contributed by atoms with van der Waals surface area (Å²) in [5, 5.41) is 0.490. The lowest BCUT2D eigenvalue weighted by molar-refractivity contribution is -0.134. The van der Waals surface area contributed by atoms with E-state index in [1.54, 1.807) is 13.1 Å². The van der Waals surface area contributed by atoms with Crippen LogP contribution in [-0.2, 0) is 26.9 Å². The van der Waals surface area contributed by atoms with Crippen LogP contribution in [0.3, 0.4) is 0 Å². The van der Waals surface area contributed by atoms with Crippen molar-refractivity contribution in [2.45, 2.75) is 74.7 Å². The van der Waals surface area contributed by atoms with Gasteiger partial charge in [-0.05, 0) is 75.9 Å². The number of ether oxygens (including phenoxy) is 2. The van der Waals surface area contributed by atoms with E-state index in [1.807, 2.05) is 24.3 Å². The quantitative estimate of drug-likeness (QED) is 0.471. The largest absolute Gasteiger partial charge is 0.485 e. The Labute approximate surface area is 234 Å². The molecule has 2 heterocycles. The maximum absolute atomic E-state index is 14.0. The number of carbonyl (C=O) groups is 2. The van der Waals surface area contributed by atoms with Crippen molar-refractivity contribution in [2.24, 2.45) is 5.92 Å². The summed E-state index contributed by atoms with van der Waals surface area (Å²) in [5.74, 6) is 1.28. The molecule has 204 valence electrons. The number of likely N-dealkylation sites (N-methyl/N-ethyl adjacent to an activating group) is 2. The van der Waals surface area contributed by atoms with Gasteiger partial charge in [-0.3, -0.25) is 9.69 Å². The molecule has 3 aliphatic carbocycles. The average Bonchev–Trinajstić information content (AvgIpc) is 3.29. The molecule has 0 N–H and O–H groups in total. The van der Waals surface area contributed by atoms with Crippen LogP contribution in [-0.4, -0.2) is 60.6 Å². The topological polar surface area (TPSA) is 59.1 Å². The summed E-state index contributed by atoms with van der Waals surface area (Å²) in [7, 11) is 3.90. The minimum atomic E-state index is -1.14. The second-order valence-corrected chi connectivity index (χ2v) is 12.5. The van der Waals surface area contributed by atoms with Gasteiger partial charge < -0.3 is 14.4 Å². The lowest BCUT2D eigenvalue weighted by atomic mass is 9.53. The predicted molar refractivity (Wildman–Crippen MR) is 149 cm³/mol. The fraction of sp³-hybridized carbons (Fsp3) is 0.500. The van der Waals surface area contributed by atoms with Gasteiger partial charge in [-0.2, -0.15) is 0 Å². The molecular weight excluding hydrogens is 512 g/mol. The van der Waals surface area contributed by atoms with Crippen LogP contribution in [0.4, 0.5) is 4.79 Å². The number of piperidine rings is 1. The Morgan fingerprint density at radius 1 is 1.15 bits per heavy atom. The highest BCUT2D eigenvalue weighted by atomic mass is 35.5. The van der Waals surface area contributed by atoms with Crippen LogP contribution in [0.5, 0.6) is 5.75 Å². The molecule has 6 nitrogen and oxygen atoms in total. The molecule has 7 heteroatoms. The summed E-state index contributed by atoms with van der Waals surface area (Å²) in [4.78, 5) is 31.5. The van der Waals surface area contributed by atoms with Gasteiger partial charge in [0.05, 0.1) is 0 Å². The molecule has 5 aliphatic rings. The number of hydrogen-bond acceptors (Lipinski definition) is 5. The number of ketones is 1. The highest BCUT2D eigenvalue weighted by Crippen LogP contribution is 2.61. The number of Topliss-reactive ketones (excluding diaryl/α,β-unsaturated/α-hetero) is 1. The van der Waals surface area contributed by atoms with Crippen molar-refractivity contribution in [1.82, 2.24) is 9.80 Å². The van der Waals surface area contributed by atoms with Crippen LogP contribution in [0, 0.1) is 12.8 Å². The van der Waals surface area contributed by atoms with E-state index in [9.17, 15) is 9.59 Å². The molecule has 1 saturated heterocycles. The predicted octanol–water partition coefficient (Wildman–Crippen LogP) is 5.57. The second-order valence-electron chi connectivity index (χ2n) is 12.1. The summed E-state index contributed by atoms with van der Waals surface area (Å²) < 4.78 is 13.1. The van der Waals surface area contributed by atoms with Crippen molar-refractivity contribution < 1.29 is 19.1 Å². The third-order valence-corrected chi connectivity index (χ3v) is 10.7. The van der Waals surface area contributed by atoms with Gasteiger partial charge in [0.25, 0.3) is 0 Å². The summed E-state index contributed by atoms with van der Waals surface area (Å²) in [6.45, 7) is 3.08. The molecule has 0 radical (unpaired) electrons. The summed E-state index contributed by atoms with van der Waals surface area (Å²) in [6, 6.07) is 12.2. The normalized spacial score (nSPS) is 34.3. The zero-order valence-corrected chi connectivity index (χ0v) is 23.5. The molecule has 1 amide bonds. The summed E-state index contributed by atoms with van der Waals surface area (Å²) >= 11 is 6.63. The fourth-order valence-electron chi connectivity index (χ4n) is 8.45. The van der Waals surface area contributed by atoms with Crippen molar-refractivity contribution in [1.29, 1.82) is 0 Å². The Bertz CT molecular complexity index is 1410. The zero-order valence-electron chi connectivity index (χ0n) is 22.8. The number of rotatable bonds is 3. The van der Waals surface area contributed by atoms with Gasteiger partial charge in [-0.25, -0.2) is 4.79 Å². The first-order valence-electron chi connectivity index (χ1n) is 14.2. The Morgan fingerprint density at radius 2 is 1.97 bits per heavy atom. The first-order chi connectivity index (χ1) is 18.8. The molecule has 2 aliphatic heterocycles. The number of benzene rings is 2. The van der Waals surface area contributed by atoms with Crippen molar-refractivity contribution in [2.75, 3.05) is 20.6 Å². The first-order valence-corrected chi connectivity index (χ1v) is 14.6. The standard InChI is InChI=1S/C32H35ClN2O4/c1-19-11-12-20-18-24-22-13-14-25(29-31(22,16-17-34(24)2)27(20)28(19)39-29)38-30(37)35(3)32(15-7-6-10-26(32)36)21-8-4-5-9-23(21)33/h4-5,8-9,11-14,22,24-25,29H,6-7,10,15-18H2,1-3H3/t22-,24-,25-,29-,31-,32?/m0/s1. The van der Waals surface area contributed by atoms with E-state index < -0.39 is 17.7 Å². The van der Waals surface area contributed by atoms with Gasteiger partial charge in [0.15, 0.2) is 11.9 Å². The smallest absolute Gasteiger partial charge is 0.411 e. The van der Waals surface area contributed by atoms with Gasteiger partial charge in [-0.15, -0.1) is 0 Å². The highest BCUT2D eigenvalue weighted by Gasteiger charge is 2.65. The Morgan fingerprint density at radius 3 is 2.77 bits per heavy atom. The van der Waals surface area contributed by atoms with E-state index in [1.165, 1.54) is 16.0 Å². The SMILES string of the molecule is Cc1ccc2c3c1O[C@H]1[C@@H](OC(=O)N(C)C4(c5ccccc5Cl)CCCCC4=O)C=C[C@H]4[C@H](C2)N(C)CC[C@@]341. The minimum Gasteiger partial charge on any atom is -0.485 e. The number of halogens is 1. The molecule has 1 saturated carbocycles. The maximum atomic E-state index is 14.0. The molecule has 1 unspecified atom stereocenters. The first kappa shape index (κ1) is 25.2. The second kappa shape index (κ2) is 8.84. The third kappa shape index (κ3) is 3.31. The lowest BCUT2D eigenvalue weighted by Crippen LogP contribution is -2.65. The van der Waals surface area contributed by atoms with Crippen LogP contribution >= 0.6 is 11.6 Å². The molecule has 7 rings (SSSR count). The van der Waals surface area contributed by atoms with E-state index in [2.05, 4.69) is 37.1 Å². The Kier molecular flexibility index (Phi) is 5.70. The van der Waals surface area contributed by atoms with Crippen LogP contribution in [0.25, 0.3) is 0 Å². The van der Waals surface area contributed by atoms with E-state index in [0.29, 0.717) is 35.4 Å². The Hall–Kier alpha value is -2.83. The van der Waals surface area contributed by atoms with E-state index >= 15 is 0 Å². The van der Waals surface area contributed by atoms with Gasteiger partial charge in [0.1, 0.15) is 17.4 Å². The van der Waals surface area contributed by atoms with Crippen LogP contribution in [0.2, 0.25) is 5.02 Å². The van der Waals surface area contributed by atoms with E-state index in [-0.39, 0.29) is 17.3 Å². The molecule has 2 fully saturated rings. The number of likely N-dealkylation sites (tertiary alicyclic amines) is 1. The number of nitrogens with zero attached hydrogens (tertiary/aromatic N) is 2. The van der Waals surface area contributed by atoms with Crippen LogP contribution in [0.15, 0.2) is 48.6 Å². The van der Waals surface area contributed by atoms with Crippen molar-refractivity contribution >= 4 is 23.5 Å². The van der Waals surface area contributed by atoms with Crippen molar-refractivity contribution in [3.8, 4) is 5.75 Å². The van der Waals surface area contributed by atoms with Gasteiger partial charge in [0.2, 0.25) is 0 Å². The molecular formula is C32H35ClN2O4. The summed E-state index contributed by atoms with van der Waals surface area (Å²) in [5.41, 5.74) is 3.13. The molecule has 2 aromatic carbocycles. The maximum Gasteiger partial charge on any atom is 0.411 e. The third-order valence-electron chi connectivity index (χ3n) is 10.4. The van der Waals surface area contributed by atoms with Gasteiger partial charge in [0, 0.05) is 47.0 Å². The highest BCUT2D eigenvalue weighted by molar-refractivity contribution is 6.31. The van der Waals surface area contributed by atoms with Crippen molar-refractivity contribution in [3.05, 3.63) is 75.8 Å². The van der Waals surface area contributed by atoms with E-state index in [4.69, 9.17) is 21.1 Å². The number of amides is 1. The van der Waals surface area contributed by atoms with Crippen LogP contribution < -0.4 is 4.74 Å². The summed E-state index contributed by atoms with van der Waals surface area (Å²) in [6.07, 6.45) is 7.47.